The molecule has 0 bridgehead atoms. The summed E-state index contributed by atoms with van der Waals surface area (Å²) in [7, 11) is 1.49. The number of hydrogen-bond acceptors (Lipinski definition) is 4. The molecule has 0 aliphatic carbocycles. The zero-order valence-corrected chi connectivity index (χ0v) is 21.5. The van der Waals surface area contributed by atoms with E-state index in [0.717, 1.165) is 29.7 Å². The van der Waals surface area contributed by atoms with Crippen LogP contribution < -0.4 is 15.9 Å². The number of benzene rings is 2. The highest BCUT2D eigenvalue weighted by Gasteiger charge is 2.17. The van der Waals surface area contributed by atoms with E-state index in [-0.39, 0.29) is 12.1 Å². The van der Waals surface area contributed by atoms with E-state index in [1.54, 1.807) is 0 Å². The van der Waals surface area contributed by atoms with Gasteiger partial charge in [-0.05, 0) is 74.1 Å². The van der Waals surface area contributed by atoms with E-state index in [0.29, 0.717) is 5.75 Å². The Morgan fingerprint density at radius 3 is 2.41 bits per heavy atom. The maximum atomic E-state index is 6.75. The summed E-state index contributed by atoms with van der Waals surface area (Å²) in [4.78, 5) is 9.84. The lowest BCUT2D eigenvalue weighted by Crippen LogP contribution is -2.20. The number of hydrogen-bond donors (Lipinski definition) is 2. The summed E-state index contributed by atoms with van der Waals surface area (Å²) in [6, 6.07) is 14.1. The topological polar surface area (TPSA) is 56.5 Å². The molecule has 2 aromatic rings. The molecule has 0 saturated carbocycles. The number of nitrogens with one attached hydrogen (secondary N) is 1. The largest absolute Gasteiger partial charge is 0.379 e. The van der Waals surface area contributed by atoms with Crippen molar-refractivity contribution in [2.75, 3.05) is 12.4 Å². The number of allylic oxidation sites excluding steroid dienone is 7. The molecule has 2 unspecified atom stereocenters. The minimum absolute atomic E-state index is 0.147. The minimum Gasteiger partial charge on any atom is -0.379 e. The van der Waals surface area contributed by atoms with Crippen molar-refractivity contribution >= 4 is 11.3 Å². The third-order valence-electron chi connectivity index (χ3n) is 5.92. The summed E-state index contributed by atoms with van der Waals surface area (Å²) >= 11 is 0. The Bertz CT molecular complexity index is 1020. The van der Waals surface area contributed by atoms with Gasteiger partial charge in [0.05, 0.1) is 13.2 Å². The predicted molar refractivity (Wildman–Crippen MR) is 146 cm³/mol. The van der Waals surface area contributed by atoms with Gasteiger partial charge in [-0.25, -0.2) is 0 Å². The second-order valence-corrected chi connectivity index (χ2v) is 8.26. The van der Waals surface area contributed by atoms with Crippen molar-refractivity contribution in [1.29, 1.82) is 0 Å². The second kappa shape index (κ2) is 14.2. The fraction of sp³-hybridized carbons (Fsp3) is 0.333. The predicted octanol–water partition coefficient (Wildman–Crippen LogP) is 7.76. The molecule has 0 radical (unpaired) electrons. The molecule has 3 N–H and O–H groups in total. The fourth-order valence-corrected chi connectivity index (χ4v) is 3.71. The molecule has 0 heterocycles. The van der Waals surface area contributed by atoms with Gasteiger partial charge in [-0.2, -0.15) is 4.89 Å². The molecule has 182 valence electrons. The van der Waals surface area contributed by atoms with E-state index in [9.17, 15) is 0 Å². The molecule has 0 aliphatic rings. The first-order valence-corrected chi connectivity index (χ1v) is 12.1. The Morgan fingerprint density at radius 1 is 1.06 bits per heavy atom. The zero-order valence-electron chi connectivity index (χ0n) is 21.5. The molecule has 34 heavy (non-hydrogen) atoms. The van der Waals surface area contributed by atoms with Crippen LogP contribution in [0.25, 0.3) is 5.57 Å². The van der Waals surface area contributed by atoms with Crippen molar-refractivity contribution in [1.82, 2.24) is 0 Å². The van der Waals surface area contributed by atoms with Crippen molar-refractivity contribution < 1.29 is 9.78 Å². The number of anilines is 1. The molecule has 4 nitrogen and oxygen atoms in total. The van der Waals surface area contributed by atoms with Gasteiger partial charge in [0.25, 0.3) is 0 Å². The average Bonchev–Trinajstić information content (AvgIpc) is 2.85. The van der Waals surface area contributed by atoms with E-state index in [1.807, 2.05) is 24.3 Å². The summed E-state index contributed by atoms with van der Waals surface area (Å²) in [6.07, 6.45) is 14.7. The third-order valence-corrected chi connectivity index (χ3v) is 5.92. The van der Waals surface area contributed by atoms with Crippen molar-refractivity contribution in [2.45, 2.75) is 59.5 Å². The Balaban J connectivity index is 2.38. The summed E-state index contributed by atoms with van der Waals surface area (Å²) in [6.45, 7) is 10.7. The first-order chi connectivity index (χ1) is 16.4. The van der Waals surface area contributed by atoms with Crippen molar-refractivity contribution in [3.05, 3.63) is 101 Å². The molecular formula is C30H40N2O2. The summed E-state index contributed by atoms with van der Waals surface area (Å²) in [5.74, 6) is 0.643. The lowest BCUT2D eigenvalue weighted by Gasteiger charge is -2.23. The Hall–Kier alpha value is -3.08. The number of nitrogens with two attached hydrogens (primary N) is 1. The molecule has 0 fully saturated rings. The van der Waals surface area contributed by atoms with E-state index in [2.05, 4.69) is 94.6 Å². The first-order valence-electron chi connectivity index (χ1n) is 12.1. The van der Waals surface area contributed by atoms with Gasteiger partial charge in [-0.15, -0.1) is 0 Å². The van der Waals surface area contributed by atoms with E-state index >= 15 is 0 Å². The summed E-state index contributed by atoms with van der Waals surface area (Å²) in [5.41, 5.74) is 13.6. The van der Waals surface area contributed by atoms with Crippen LogP contribution >= 0.6 is 0 Å². The Morgan fingerprint density at radius 2 is 1.79 bits per heavy atom. The maximum absolute atomic E-state index is 6.75. The zero-order chi connectivity index (χ0) is 24.9. The molecule has 2 aromatic carbocycles. The van der Waals surface area contributed by atoms with Gasteiger partial charge in [-0.3, -0.25) is 0 Å². The normalized spacial score (nSPS) is 14.6. The van der Waals surface area contributed by atoms with Crippen LogP contribution in [-0.4, -0.2) is 13.2 Å². The van der Waals surface area contributed by atoms with Gasteiger partial charge >= 0.3 is 0 Å². The molecular weight excluding hydrogens is 420 g/mol. The van der Waals surface area contributed by atoms with Crippen LogP contribution in [0.2, 0.25) is 0 Å². The van der Waals surface area contributed by atoms with E-state index < -0.39 is 0 Å². The summed E-state index contributed by atoms with van der Waals surface area (Å²) in [5, 5.41) is 3.72. The standard InChI is InChI=1S/C30H40N2O2/c1-7-10-11-12-13-14-22(4)23(5)32-29-21-26(24(8-2)9-3)17-20-28(29)30(31)25-15-18-27(19-16-25)34-33-6/h8,10-21,23,30,32H,7,9,31H2,1-6H3/b11-10-,13-12-,22-14+,24-8-. The molecule has 0 aliphatic heterocycles. The molecule has 4 heteroatoms. The summed E-state index contributed by atoms with van der Waals surface area (Å²) < 4.78 is 0. The smallest absolute Gasteiger partial charge is 0.165 e. The lowest BCUT2D eigenvalue weighted by molar-refractivity contribution is -0.178. The quantitative estimate of drug-likeness (QED) is 0.193. The van der Waals surface area contributed by atoms with Gasteiger partial charge in [0.15, 0.2) is 5.75 Å². The van der Waals surface area contributed by atoms with Crippen LogP contribution in [0.15, 0.2) is 84.5 Å². The Kier molecular flexibility index (Phi) is 11.4. The van der Waals surface area contributed by atoms with Crippen LogP contribution in [0, 0.1) is 0 Å². The minimum atomic E-state index is -0.278. The van der Waals surface area contributed by atoms with E-state index in [1.165, 1.54) is 23.8 Å². The maximum Gasteiger partial charge on any atom is 0.165 e. The van der Waals surface area contributed by atoms with Gasteiger partial charge < -0.3 is 15.9 Å². The van der Waals surface area contributed by atoms with Crippen LogP contribution in [0.4, 0.5) is 5.69 Å². The average molecular weight is 461 g/mol. The van der Waals surface area contributed by atoms with Crippen LogP contribution in [0.5, 0.6) is 5.75 Å². The van der Waals surface area contributed by atoms with Gasteiger partial charge in [0.2, 0.25) is 0 Å². The highest BCUT2D eigenvalue weighted by atomic mass is 17.2. The Labute approximate surface area is 205 Å². The SMILES string of the molecule is C/C=C(/CC)c1ccc(C(N)c2ccc(OOC)cc2)c(NC(C)/C(C)=C/C=C\C=C/CC)c1. The first kappa shape index (κ1) is 27.2. The molecule has 0 amide bonds. The monoisotopic (exact) mass is 460 g/mol. The van der Waals surface area contributed by atoms with Crippen LogP contribution in [-0.2, 0) is 4.89 Å². The highest BCUT2D eigenvalue weighted by molar-refractivity contribution is 5.71. The van der Waals surface area contributed by atoms with E-state index in [4.69, 9.17) is 15.5 Å². The van der Waals surface area contributed by atoms with Gasteiger partial charge in [-0.1, -0.05) is 80.1 Å². The molecule has 0 aromatic heterocycles. The third kappa shape index (κ3) is 7.75. The van der Waals surface area contributed by atoms with Gasteiger partial charge in [0.1, 0.15) is 0 Å². The molecule has 2 atom stereocenters. The van der Waals surface area contributed by atoms with Crippen molar-refractivity contribution in [2.24, 2.45) is 5.73 Å². The van der Waals surface area contributed by atoms with Crippen LogP contribution in [0.1, 0.15) is 70.2 Å². The molecule has 0 saturated heterocycles. The molecule has 0 spiro atoms. The van der Waals surface area contributed by atoms with Crippen LogP contribution in [0.3, 0.4) is 0 Å². The van der Waals surface area contributed by atoms with Crippen molar-refractivity contribution in [3.8, 4) is 5.75 Å². The molecule has 2 rings (SSSR count). The fourth-order valence-electron chi connectivity index (χ4n) is 3.71. The highest BCUT2D eigenvalue weighted by Crippen LogP contribution is 2.32. The van der Waals surface area contributed by atoms with Crippen molar-refractivity contribution in [3.63, 3.8) is 0 Å². The van der Waals surface area contributed by atoms with Gasteiger partial charge in [0, 0.05) is 11.7 Å². The second-order valence-electron chi connectivity index (χ2n) is 8.26. The lowest BCUT2D eigenvalue weighted by atomic mass is 9.93. The number of rotatable bonds is 12.